The Morgan fingerprint density at radius 2 is 1.65 bits per heavy atom. The molecule has 6 heteroatoms. The number of hydrogen-bond acceptors (Lipinski definition) is 4. The van der Waals surface area contributed by atoms with Crippen molar-refractivity contribution >= 4 is 12.0 Å². The van der Waals surface area contributed by atoms with Gasteiger partial charge in [0.2, 0.25) is 0 Å². The van der Waals surface area contributed by atoms with Crippen LogP contribution in [0.2, 0.25) is 0 Å². The molecule has 0 atom stereocenters. The summed E-state index contributed by atoms with van der Waals surface area (Å²) in [5, 5.41) is 0. The fraction of sp³-hybridized carbons (Fsp3) is 0.600. The first-order chi connectivity index (χ1) is 12.2. The topological polar surface area (TPSA) is 59.1 Å². The molecule has 1 aromatic rings. The van der Waals surface area contributed by atoms with E-state index in [9.17, 15) is 9.59 Å². The van der Waals surface area contributed by atoms with Crippen LogP contribution < -0.4 is 4.74 Å². The molecule has 1 saturated heterocycles. The minimum atomic E-state index is -0.515. The largest absolute Gasteiger partial charge is 0.484 e. The molecule has 144 valence electrons. The molecule has 1 heterocycles. The summed E-state index contributed by atoms with van der Waals surface area (Å²) < 4.78 is 11.1. The van der Waals surface area contributed by atoms with Gasteiger partial charge in [0.1, 0.15) is 11.4 Å². The molecular weight excluding hydrogens is 332 g/mol. The molecule has 26 heavy (non-hydrogen) atoms. The third kappa shape index (κ3) is 5.93. The Labute approximate surface area is 156 Å². The van der Waals surface area contributed by atoms with Crippen molar-refractivity contribution in [3.8, 4) is 5.75 Å². The molecule has 1 aliphatic rings. The molecular formula is C20H30N2O4. The van der Waals surface area contributed by atoms with Crippen molar-refractivity contribution in [3.05, 3.63) is 29.3 Å². The number of ether oxygens (including phenoxy) is 2. The average Bonchev–Trinajstić information content (AvgIpc) is 2.80. The molecule has 1 fully saturated rings. The first-order valence-electron chi connectivity index (χ1n) is 9.11. The lowest BCUT2D eigenvalue weighted by atomic mass is 10.1. The van der Waals surface area contributed by atoms with Gasteiger partial charge in [0, 0.05) is 26.2 Å². The third-order valence-corrected chi connectivity index (χ3v) is 4.34. The molecule has 2 rings (SSSR count). The predicted octanol–water partition coefficient (Wildman–Crippen LogP) is 3.15. The summed E-state index contributed by atoms with van der Waals surface area (Å²) in [5.74, 6) is 0.640. The first kappa shape index (κ1) is 20.1. The number of rotatable bonds is 3. The van der Waals surface area contributed by atoms with E-state index in [1.165, 1.54) is 5.56 Å². The van der Waals surface area contributed by atoms with Crippen LogP contribution in [0.1, 0.15) is 38.3 Å². The minimum absolute atomic E-state index is 0.00887. The van der Waals surface area contributed by atoms with Gasteiger partial charge in [-0.3, -0.25) is 4.79 Å². The zero-order chi connectivity index (χ0) is 19.3. The van der Waals surface area contributed by atoms with Crippen LogP contribution in [0.25, 0.3) is 0 Å². The third-order valence-electron chi connectivity index (χ3n) is 4.34. The molecule has 0 radical (unpaired) electrons. The molecule has 6 nitrogen and oxygen atoms in total. The van der Waals surface area contributed by atoms with Crippen molar-refractivity contribution in [2.75, 3.05) is 32.8 Å². The van der Waals surface area contributed by atoms with E-state index in [1.54, 1.807) is 9.80 Å². The Bertz CT molecular complexity index is 652. The highest BCUT2D eigenvalue weighted by atomic mass is 16.6. The van der Waals surface area contributed by atoms with Crippen LogP contribution in [0.5, 0.6) is 5.75 Å². The van der Waals surface area contributed by atoms with Crippen molar-refractivity contribution in [2.24, 2.45) is 0 Å². The maximum Gasteiger partial charge on any atom is 0.410 e. The van der Waals surface area contributed by atoms with Gasteiger partial charge in [-0.15, -0.1) is 0 Å². The van der Waals surface area contributed by atoms with Crippen LogP contribution in [-0.4, -0.2) is 60.2 Å². The number of amides is 2. The average molecular weight is 362 g/mol. The van der Waals surface area contributed by atoms with E-state index in [4.69, 9.17) is 9.47 Å². The summed E-state index contributed by atoms with van der Waals surface area (Å²) in [6, 6.07) is 5.80. The molecule has 0 unspecified atom stereocenters. The summed E-state index contributed by atoms with van der Waals surface area (Å²) in [6.07, 6.45) is 0.410. The smallest absolute Gasteiger partial charge is 0.410 e. The molecule has 2 amide bonds. The second-order valence-corrected chi connectivity index (χ2v) is 7.74. The van der Waals surface area contributed by atoms with E-state index in [1.807, 2.05) is 52.8 Å². The summed E-state index contributed by atoms with van der Waals surface area (Å²) in [7, 11) is 0. The number of carbonyl (C=O) groups excluding carboxylic acids is 2. The zero-order valence-electron chi connectivity index (χ0n) is 16.5. The monoisotopic (exact) mass is 362 g/mol. The van der Waals surface area contributed by atoms with Crippen molar-refractivity contribution in [1.29, 1.82) is 0 Å². The molecule has 0 N–H and O–H groups in total. The highest BCUT2D eigenvalue weighted by Crippen LogP contribution is 2.17. The Balaban J connectivity index is 1.84. The van der Waals surface area contributed by atoms with Crippen molar-refractivity contribution in [3.63, 3.8) is 0 Å². The second kappa shape index (κ2) is 8.43. The molecule has 0 bridgehead atoms. The number of benzene rings is 1. The van der Waals surface area contributed by atoms with Gasteiger partial charge in [-0.05, 0) is 64.3 Å². The van der Waals surface area contributed by atoms with Crippen molar-refractivity contribution in [2.45, 2.75) is 46.6 Å². The molecule has 0 saturated carbocycles. The van der Waals surface area contributed by atoms with Crippen LogP contribution >= 0.6 is 0 Å². The molecule has 0 aliphatic carbocycles. The van der Waals surface area contributed by atoms with Gasteiger partial charge >= 0.3 is 6.09 Å². The minimum Gasteiger partial charge on any atom is -0.484 e. The van der Waals surface area contributed by atoms with Gasteiger partial charge in [-0.2, -0.15) is 0 Å². The van der Waals surface area contributed by atoms with E-state index in [-0.39, 0.29) is 18.6 Å². The molecule has 0 aromatic heterocycles. The van der Waals surface area contributed by atoms with Crippen LogP contribution in [-0.2, 0) is 9.53 Å². The Kier molecular flexibility index (Phi) is 6.51. The molecule has 1 aliphatic heterocycles. The summed E-state index contributed by atoms with van der Waals surface area (Å²) in [6.45, 7) is 11.8. The summed E-state index contributed by atoms with van der Waals surface area (Å²) in [5.41, 5.74) is 1.81. The van der Waals surface area contributed by atoms with E-state index in [0.29, 0.717) is 31.9 Å². The van der Waals surface area contributed by atoms with Gasteiger partial charge < -0.3 is 19.3 Å². The lowest BCUT2D eigenvalue weighted by molar-refractivity contribution is -0.133. The van der Waals surface area contributed by atoms with Crippen LogP contribution in [0, 0.1) is 13.8 Å². The fourth-order valence-corrected chi connectivity index (χ4v) is 2.72. The van der Waals surface area contributed by atoms with Gasteiger partial charge in [0.15, 0.2) is 6.61 Å². The normalized spacial score (nSPS) is 15.4. The second-order valence-electron chi connectivity index (χ2n) is 7.74. The van der Waals surface area contributed by atoms with Crippen LogP contribution in [0.15, 0.2) is 18.2 Å². The van der Waals surface area contributed by atoms with Gasteiger partial charge in [0.05, 0.1) is 0 Å². The first-order valence-corrected chi connectivity index (χ1v) is 9.11. The van der Waals surface area contributed by atoms with Crippen LogP contribution in [0.3, 0.4) is 0 Å². The van der Waals surface area contributed by atoms with Crippen LogP contribution in [0.4, 0.5) is 4.79 Å². The van der Waals surface area contributed by atoms with Gasteiger partial charge in [-0.25, -0.2) is 4.79 Å². The lowest BCUT2D eigenvalue weighted by Gasteiger charge is -2.26. The Morgan fingerprint density at radius 1 is 1.00 bits per heavy atom. The maximum absolute atomic E-state index is 12.4. The summed E-state index contributed by atoms with van der Waals surface area (Å²) in [4.78, 5) is 28.1. The van der Waals surface area contributed by atoms with E-state index >= 15 is 0 Å². The van der Waals surface area contributed by atoms with E-state index in [2.05, 4.69) is 0 Å². The SMILES string of the molecule is Cc1ccc(OCC(=O)N2CCCN(C(=O)OC(C)(C)C)CC2)cc1C. The Morgan fingerprint density at radius 3 is 2.31 bits per heavy atom. The standard InChI is InChI=1S/C20H30N2O4/c1-15-7-8-17(13-16(15)2)25-14-18(23)21-9-6-10-22(12-11-21)19(24)26-20(3,4)5/h7-8,13H,6,9-12,14H2,1-5H3. The van der Waals surface area contributed by atoms with E-state index < -0.39 is 5.60 Å². The highest BCUT2D eigenvalue weighted by Gasteiger charge is 2.26. The predicted molar refractivity (Wildman–Crippen MR) is 100 cm³/mol. The zero-order valence-corrected chi connectivity index (χ0v) is 16.5. The number of carbonyl (C=O) groups is 2. The highest BCUT2D eigenvalue weighted by molar-refractivity contribution is 5.78. The molecule has 1 aromatic carbocycles. The van der Waals surface area contributed by atoms with Gasteiger partial charge in [-0.1, -0.05) is 6.07 Å². The van der Waals surface area contributed by atoms with Crippen molar-refractivity contribution < 1.29 is 19.1 Å². The maximum atomic E-state index is 12.4. The lowest BCUT2D eigenvalue weighted by Crippen LogP contribution is -2.41. The summed E-state index contributed by atoms with van der Waals surface area (Å²) >= 11 is 0. The number of hydrogen-bond donors (Lipinski definition) is 0. The fourth-order valence-electron chi connectivity index (χ4n) is 2.72. The Hall–Kier alpha value is -2.24. The van der Waals surface area contributed by atoms with E-state index in [0.717, 1.165) is 12.0 Å². The molecule has 0 spiro atoms. The quantitative estimate of drug-likeness (QED) is 0.829. The number of nitrogens with zero attached hydrogens (tertiary/aromatic N) is 2. The van der Waals surface area contributed by atoms with Crippen molar-refractivity contribution in [1.82, 2.24) is 9.80 Å². The number of aryl methyl sites for hydroxylation is 2. The van der Waals surface area contributed by atoms with Gasteiger partial charge in [0.25, 0.3) is 5.91 Å².